The molecule has 0 aliphatic rings. The molecule has 0 heterocycles. The summed E-state index contributed by atoms with van der Waals surface area (Å²) in [5, 5.41) is 18.4. The van der Waals surface area contributed by atoms with E-state index in [9.17, 15) is 9.90 Å². The minimum atomic E-state index is -1.13. The Balaban J connectivity index is 3.73. The van der Waals surface area contributed by atoms with Crippen LogP contribution in [-0.4, -0.2) is 41.4 Å². The number of aldehydes is 1. The molecule has 0 bridgehead atoms. The molecule has 0 amide bonds. The van der Waals surface area contributed by atoms with Gasteiger partial charge in [-0.05, 0) is 13.3 Å². The highest BCUT2D eigenvalue weighted by Gasteiger charge is 2.23. The van der Waals surface area contributed by atoms with Crippen LogP contribution in [0.15, 0.2) is 0 Å². The molecule has 0 aromatic rings. The normalized spacial score (nSPS) is 17.4. The molecule has 0 radical (unpaired) electrons. The fourth-order valence-corrected chi connectivity index (χ4v) is 1.06. The zero-order chi connectivity index (χ0) is 11.0. The van der Waals surface area contributed by atoms with Crippen LogP contribution in [0, 0.1) is 0 Å². The van der Waals surface area contributed by atoms with Crippen molar-refractivity contribution in [3.05, 3.63) is 0 Å². The van der Waals surface area contributed by atoms with Gasteiger partial charge in [0.2, 0.25) is 0 Å². The lowest BCUT2D eigenvalue weighted by atomic mass is 10.1. The number of carbonyl (C=O) groups excluding carboxylic acids is 1. The molecular weight excluding hydrogens is 184 g/mol. The Hall–Kier alpha value is -0.450. The summed E-state index contributed by atoms with van der Waals surface area (Å²) in [6, 6.07) is 0. The molecule has 0 aliphatic carbocycles. The third kappa shape index (κ3) is 5.32. The van der Waals surface area contributed by atoms with Crippen LogP contribution < -0.4 is 0 Å². The lowest BCUT2D eigenvalue weighted by molar-refractivity contribution is -0.132. The maximum Gasteiger partial charge on any atom is 0.151 e. The number of hydrogen-bond acceptors (Lipinski definition) is 4. The molecule has 0 rings (SSSR count). The Kier molecular flexibility index (Phi) is 7.65. The molecule has 0 aromatic carbocycles. The van der Waals surface area contributed by atoms with Crippen molar-refractivity contribution in [3.8, 4) is 0 Å². The molecule has 0 aromatic heterocycles. The topological polar surface area (TPSA) is 66.8 Å². The molecule has 4 nitrogen and oxygen atoms in total. The van der Waals surface area contributed by atoms with Gasteiger partial charge in [0.15, 0.2) is 6.29 Å². The van der Waals surface area contributed by atoms with Crippen molar-refractivity contribution in [2.75, 3.05) is 6.61 Å². The first-order chi connectivity index (χ1) is 6.63. The van der Waals surface area contributed by atoms with Crippen LogP contribution in [0.4, 0.5) is 0 Å². The smallest absolute Gasteiger partial charge is 0.151 e. The summed E-state index contributed by atoms with van der Waals surface area (Å²) in [5.74, 6) is 0. The first kappa shape index (κ1) is 13.5. The van der Waals surface area contributed by atoms with E-state index in [0.29, 0.717) is 12.9 Å². The average molecular weight is 204 g/mol. The third-order valence-electron chi connectivity index (χ3n) is 2.02. The third-order valence-corrected chi connectivity index (χ3v) is 2.02. The van der Waals surface area contributed by atoms with E-state index in [1.807, 2.05) is 0 Å². The second kappa shape index (κ2) is 7.91. The molecule has 84 valence electrons. The highest BCUT2D eigenvalue weighted by molar-refractivity contribution is 5.57. The molecule has 4 heteroatoms. The highest BCUT2D eigenvalue weighted by atomic mass is 16.5. The first-order valence-corrected chi connectivity index (χ1v) is 5.06. The summed E-state index contributed by atoms with van der Waals surface area (Å²) in [4.78, 5) is 10.5. The van der Waals surface area contributed by atoms with E-state index in [-0.39, 0.29) is 0 Å². The van der Waals surface area contributed by atoms with Crippen LogP contribution in [-0.2, 0) is 9.53 Å². The molecule has 0 unspecified atom stereocenters. The van der Waals surface area contributed by atoms with Crippen LogP contribution in [0.25, 0.3) is 0 Å². The molecule has 14 heavy (non-hydrogen) atoms. The fraction of sp³-hybridized carbons (Fsp3) is 0.900. The number of ether oxygens (including phenoxy) is 1. The summed E-state index contributed by atoms with van der Waals surface area (Å²) in [6.07, 6.45) is 0.526. The van der Waals surface area contributed by atoms with Gasteiger partial charge in [-0.1, -0.05) is 19.8 Å². The van der Waals surface area contributed by atoms with Gasteiger partial charge in [0.1, 0.15) is 12.2 Å². The van der Waals surface area contributed by atoms with E-state index in [1.54, 1.807) is 0 Å². The Morgan fingerprint density at radius 1 is 1.36 bits per heavy atom. The monoisotopic (exact) mass is 204 g/mol. The van der Waals surface area contributed by atoms with Gasteiger partial charge in [0, 0.05) is 6.61 Å². The molecule has 0 spiro atoms. The summed E-state index contributed by atoms with van der Waals surface area (Å²) < 4.78 is 5.14. The molecule has 2 N–H and O–H groups in total. The predicted molar refractivity (Wildman–Crippen MR) is 53.0 cm³/mol. The van der Waals surface area contributed by atoms with Crippen molar-refractivity contribution in [3.63, 3.8) is 0 Å². The van der Waals surface area contributed by atoms with Gasteiger partial charge in [0.05, 0.1) is 6.10 Å². The number of rotatable bonds is 8. The van der Waals surface area contributed by atoms with Crippen LogP contribution >= 0.6 is 0 Å². The van der Waals surface area contributed by atoms with E-state index in [2.05, 4.69) is 6.92 Å². The summed E-state index contributed by atoms with van der Waals surface area (Å²) in [6.45, 7) is 3.94. The Bertz CT molecular complexity index is 147. The van der Waals surface area contributed by atoms with Gasteiger partial charge in [-0.15, -0.1) is 0 Å². The van der Waals surface area contributed by atoms with Gasteiger partial charge < -0.3 is 19.7 Å². The van der Waals surface area contributed by atoms with Crippen molar-refractivity contribution in [1.82, 2.24) is 0 Å². The quantitative estimate of drug-likeness (QED) is 0.446. The maximum absolute atomic E-state index is 10.5. The van der Waals surface area contributed by atoms with Gasteiger partial charge in [-0.3, -0.25) is 0 Å². The van der Waals surface area contributed by atoms with Crippen LogP contribution in [0.2, 0.25) is 0 Å². The van der Waals surface area contributed by atoms with Crippen molar-refractivity contribution < 1.29 is 19.7 Å². The number of aliphatic hydroxyl groups excluding tert-OH is 2. The number of hydrogen-bond donors (Lipinski definition) is 2. The molecule has 3 atom stereocenters. The van der Waals surface area contributed by atoms with Crippen LogP contribution in [0.1, 0.15) is 33.1 Å². The van der Waals surface area contributed by atoms with Crippen molar-refractivity contribution in [2.45, 2.75) is 51.4 Å². The first-order valence-electron chi connectivity index (χ1n) is 5.06. The maximum atomic E-state index is 10.5. The van der Waals surface area contributed by atoms with Crippen molar-refractivity contribution >= 4 is 6.29 Å². The number of carbonyl (C=O) groups is 1. The summed E-state index contributed by atoms with van der Waals surface area (Å²) in [7, 11) is 0. The van der Waals surface area contributed by atoms with Gasteiger partial charge >= 0.3 is 0 Å². The van der Waals surface area contributed by atoms with E-state index in [1.165, 1.54) is 6.92 Å². The number of aliphatic hydroxyl groups is 2. The van der Waals surface area contributed by atoms with E-state index in [0.717, 1.165) is 19.3 Å². The average Bonchev–Trinajstić information content (AvgIpc) is 2.17. The van der Waals surface area contributed by atoms with Gasteiger partial charge in [-0.25, -0.2) is 0 Å². The fourth-order valence-electron chi connectivity index (χ4n) is 1.06. The van der Waals surface area contributed by atoms with Gasteiger partial charge in [0.25, 0.3) is 0 Å². The predicted octanol–water partition coefficient (Wildman–Crippen LogP) is 0.502. The SMILES string of the molecule is CCCCCO[C@@H](C=O)[C@H](O)[C@@H](C)O. The lowest BCUT2D eigenvalue weighted by Crippen LogP contribution is -2.38. The van der Waals surface area contributed by atoms with E-state index in [4.69, 9.17) is 9.84 Å². The lowest BCUT2D eigenvalue weighted by Gasteiger charge is -2.20. The Morgan fingerprint density at radius 2 is 2.00 bits per heavy atom. The number of unbranched alkanes of at least 4 members (excludes halogenated alkanes) is 2. The molecular formula is C10H20O4. The standard InChI is InChI=1S/C10H20O4/c1-3-4-5-6-14-9(7-11)10(13)8(2)12/h7-10,12-13H,3-6H2,1-2H3/t8-,9+,10-/m1/s1. The highest BCUT2D eigenvalue weighted by Crippen LogP contribution is 2.04. The van der Waals surface area contributed by atoms with Crippen LogP contribution in [0.3, 0.4) is 0 Å². The Labute approximate surface area is 84.9 Å². The minimum Gasteiger partial charge on any atom is -0.391 e. The molecule has 0 saturated heterocycles. The zero-order valence-electron chi connectivity index (χ0n) is 8.85. The molecule has 0 saturated carbocycles. The van der Waals surface area contributed by atoms with E-state index < -0.39 is 18.3 Å². The largest absolute Gasteiger partial charge is 0.391 e. The van der Waals surface area contributed by atoms with Crippen molar-refractivity contribution in [2.24, 2.45) is 0 Å². The second-order valence-electron chi connectivity index (χ2n) is 3.41. The van der Waals surface area contributed by atoms with E-state index >= 15 is 0 Å². The zero-order valence-corrected chi connectivity index (χ0v) is 8.85. The summed E-state index contributed by atoms with van der Waals surface area (Å²) in [5.41, 5.74) is 0. The molecule has 0 fully saturated rings. The van der Waals surface area contributed by atoms with Crippen molar-refractivity contribution in [1.29, 1.82) is 0 Å². The molecule has 0 aliphatic heterocycles. The second-order valence-corrected chi connectivity index (χ2v) is 3.41. The summed E-state index contributed by atoms with van der Waals surface area (Å²) >= 11 is 0. The van der Waals surface area contributed by atoms with Crippen LogP contribution in [0.5, 0.6) is 0 Å². The minimum absolute atomic E-state index is 0.445. The Morgan fingerprint density at radius 3 is 2.43 bits per heavy atom. The van der Waals surface area contributed by atoms with Gasteiger partial charge in [-0.2, -0.15) is 0 Å².